The molecule has 1 fully saturated rings. The molecule has 2 heterocycles. The van der Waals surface area contributed by atoms with Crippen LogP contribution in [0.2, 0.25) is 0 Å². The monoisotopic (exact) mass is 509 g/mol. The number of benzene rings is 2. The first-order chi connectivity index (χ1) is 17.3. The summed E-state index contributed by atoms with van der Waals surface area (Å²) in [5, 5.41) is 3.02. The van der Waals surface area contributed by atoms with Crippen molar-refractivity contribution in [2.75, 3.05) is 19.7 Å². The summed E-state index contributed by atoms with van der Waals surface area (Å²) >= 11 is 0. The largest absolute Gasteiger partial charge is 0.493 e. The summed E-state index contributed by atoms with van der Waals surface area (Å²) in [4.78, 5) is 19.1. The number of piperidine rings is 1. The number of ether oxygens (including phenoxy) is 1. The Balaban J connectivity index is 1.37. The molecule has 36 heavy (non-hydrogen) atoms. The van der Waals surface area contributed by atoms with Crippen molar-refractivity contribution in [3.05, 3.63) is 77.6 Å². The lowest BCUT2D eigenvalue weighted by Crippen LogP contribution is -2.44. The second-order valence-electron chi connectivity index (χ2n) is 8.93. The average Bonchev–Trinajstić information content (AvgIpc) is 2.85. The highest BCUT2D eigenvalue weighted by molar-refractivity contribution is 7.85. The van der Waals surface area contributed by atoms with E-state index in [2.05, 4.69) is 33.4 Å². The number of hydrogen-bond donors (Lipinski definition) is 2. The molecule has 0 atom stereocenters. The first-order valence-electron chi connectivity index (χ1n) is 12.0. The van der Waals surface area contributed by atoms with E-state index >= 15 is 0 Å². The summed E-state index contributed by atoms with van der Waals surface area (Å²) in [6.07, 6.45) is 5.16. The van der Waals surface area contributed by atoms with Gasteiger partial charge in [0.15, 0.2) is 0 Å². The van der Waals surface area contributed by atoms with Crippen LogP contribution in [0.25, 0.3) is 11.1 Å². The van der Waals surface area contributed by atoms with Crippen LogP contribution in [0, 0.1) is 6.92 Å². The molecule has 0 spiro atoms. The van der Waals surface area contributed by atoms with Gasteiger partial charge in [0.05, 0.1) is 11.5 Å². The van der Waals surface area contributed by atoms with Gasteiger partial charge >= 0.3 is 0 Å². The van der Waals surface area contributed by atoms with Crippen molar-refractivity contribution in [3.63, 3.8) is 0 Å². The van der Waals surface area contributed by atoms with Crippen molar-refractivity contribution < 1.29 is 22.5 Å². The summed E-state index contributed by atoms with van der Waals surface area (Å²) in [6.45, 7) is 6.50. The van der Waals surface area contributed by atoms with Gasteiger partial charge in [-0.15, -0.1) is 0 Å². The average molecular weight is 510 g/mol. The van der Waals surface area contributed by atoms with Gasteiger partial charge in [0.1, 0.15) is 5.75 Å². The molecule has 2 N–H and O–H groups in total. The van der Waals surface area contributed by atoms with E-state index in [1.54, 1.807) is 12.3 Å². The van der Waals surface area contributed by atoms with Gasteiger partial charge in [-0.2, -0.15) is 8.42 Å². The van der Waals surface area contributed by atoms with E-state index in [-0.39, 0.29) is 28.0 Å². The van der Waals surface area contributed by atoms with Crippen molar-refractivity contribution >= 4 is 16.0 Å². The van der Waals surface area contributed by atoms with Gasteiger partial charge in [-0.05, 0) is 62.1 Å². The molecule has 0 aliphatic carbocycles. The van der Waals surface area contributed by atoms with Crippen LogP contribution in [0.1, 0.15) is 41.3 Å². The molecule has 8 nitrogen and oxygen atoms in total. The first kappa shape index (κ1) is 25.8. The number of rotatable bonds is 8. The third kappa shape index (κ3) is 6.10. The Labute approximate surface area is 212 Å². The molecule has 1 aliphatic rings. The highest BCUT2D eigenvalue weighted by Crippen LogP contribution is 2.31. The molecule has 3 aromatic rings. The molecule has 0 saturated carbocycles. The molecule has 1 aromatic heterocycles. The van der Waals surface area contributed by atoms with Crippen LogP contribution in [-0.2, 0) is 16.7 Å². The van der Waals surface area contributed by atoms with E-state index < -0.39 is 10.1 Å². The lowest BCUT2D eigenvalue weighted by Gasteiger charge is -2.32. The first-order valence-corrected chi connectivity index (χ1v) is 13.5. The molecular formula is C27H31N3O5S. The second kappa shape index (κ2) is 11.2. The van der Waals surface area contributed by atoms with Crippen LogP contribution in [-0.4, -0.2) is 54.5 Å². The summed E-state index contributed by atoms with van der Waals surface area (Å²) in [5.74, 6) is 0.511. The Morgan fingerprint density at radius 1 is 1.17 bits per heavy atom. The van der Waals surface area contributed by atoms with Gasteiger partial charge in [-0.3, -0.25) is 19.2 Å². The number of pyridine rings is 1. The van der Waals surface area contributed by atoms with E-state index in [0.29, 0.717) is 6.61 Å². The fourth-order valence-corrected chi connectivity index (χ4v) is 5.34. The maximum Gasteiger partial charge on any atom is 0.294 e. The topological polar surface area (TPSA) is 109 Å². The van der Waals surface area contributed by atoms with E-state index in [9.17, 15) is 17.8 Å². The van der Waals surface area contributed by atoms with Gasteiger partial charge < -0.3 is 10.1 Å². The fraction of sp³-hybridized carbons (Fsp3) is 0.333. The van der Waals surface area contributed by atoms with Gasteiger partial charge in [-0.25, -0.2) is 0 Å². The maximum absolute atomic E-state index is 12.8. The summed E-state index contributed by atoms with van der Waals surface area (Å²) in [6, 6.07) is 14.5. The molecule has 1 saturated heterocycles. The van der Waals surface area contributed by atoms with Gasteiger partial charge in [0, 0.05) is 54.8 Å². The number of nitrogens with one attached hydrogen (secondary N) is 1. The highest BCUT2D eigenvalue weighted by atomic mass is 32.2. The summed E-state index contributed by atoms with van der Waals surface area (Å²) in [5.41, 5.74) is 3.69. The van der Waals surface area contributed by atoms with Crippen molar-refractivity contribution in [3.8, 4) is 16.9 Å². The van der Waals surface area contributed by atoms with Crippen LogP contribution in [0.4, 0.5) is 0 Å². The Hall–Kier alpha value is -3.27. The van der Waals surface area contributed by atoms with Crippen molar-refractivity contribution in [1.29, 1.82) is 0 Å². The zero-order valence-electron chi connectivity index (χ0n) is 20.5. The molecule has 0 unspecified atom stereocenters. The van der Waals surface area contributed by atoms with E-state index in [4.69, 9.17) is 4.74 Å². The molecule has 4 rings (SSSR count). The van der Waals surface area contributed by atoms with E-state index in [1.807, 2.05) is 25.3 Å². The standard InChI is InChI=1S/C27H31N3O5S/c1-3-35-25-16-20(9-10-24(25)21-6-5-13-28-17-21)18-30-14-11-22(12-15-30)29-27(31)23-7-4-8-26(19(23)2)36(32,33)34/h4-10,13,16-17,22H,3,11-12,14-15,18H2,1-2H3,(H,29,31)(H,32,33,34). The van der Waals surface area contributed by atoms with Crippen LogP contribution in [0.3, 0.4) is 0 Å². The minimum atomic E-state index is -4.38. The number of nitrogens with zero attached hydrogens (tertiary/aromatic N) is 2. The van der Waals surface area contributed by atoms with Gasteiger partial charge in [-0.1, -0.05) is 24.3 Å². The number of likely N-dealkylation sites (tertiary alicyclic amines) is 1. The minimum absolute atomic E-state index is 0.00511. The zero-order chi connectivity index (χ0) is 25.7. The molecule has 1 aliphatic heterocycles. The maximum atomic E-state index is 12.8. The number of carbonyl (C=O) groups excluding carboxylic acids is 1. The quantitative estimate of drug-likeness (QED) is 0.440. The number of hydrogen-bond acceptors (Lipinski definition) is 6. The Morgan fingerprint density at radius 2 is 1.94 bits per heavy atom. The summed E-state index contributed by atoms with van der Waals surface area (Å²) in [7, 11) is -4.38. The lowest BCUT2D eigenvalue weighted by molar-refractivity contribution is 0.0908. The van der Waals surface area contributed by atoms with Crippen LogP contribution in [0.5, 0.6) is 5.75 Å². The molecular weight excluding hydrogens is 478 g/mol. The van der Waals surface area contributed by atoms with Crippen LogP contribution < -0.4 is 10.1 Å². The Bertz CT molecular complexity index is 1320. The number of carbonyl (C=O) groups is 1. The third-order valence-electron chi connectivity index (χ3n) is 6.45. The normalized spacial score (nSPS) is 15.0. The predicted molar refractivity (Wildman–Crippen MR) is 138 cm³/mol. The molecule has 0 bridgehead atoms. The van der Waals surface area contributed by atoms with Crippen molar-refractivity contribution in [2.45, 2.75) is 44.2 Å². The molecule has 0 radical (unpaired) electrons. The third-order valence-corrected chi connectivity index (χ3v) is 7.45. The SMILES string of the molecule is CCOc1cc(CN2CCC(NC(=O)c3cccc(S(=O)(=O)O)c3C)CC2)ccc1-c1cccnc1. The fourth-order valence-electron chi connectivity index (χ4n) is 4.60. The summed E-state index contributed by atoms with van der Waals surface area (Å²) < 4.78 is 38.4. The Morgan fingerprint density at radius 3 is 2.61 bits per heavy atom. The van der Waals surface area contributed by atoms with Gasteiger partial charge in [0.2, 0.25) is 0 Å². The van der Waals surface area contributed by atoms with Gasteiger partial charge in [0.25, 0.3) is 16.0 Å². The molecule has 1 amide bonds. The minimum Gasteiger partial charge on any atom is -0.493 e. The Kier molecular flexibility index (Phi) is 8.03. The number of amides is 1. The van der Waals surface area contributed by atoms with E-state index in [1.165, 1.54) is 19.1 Å². The zero-order valence-corrected chi connectivity index (χ0v) is 21.3. The second-order valence-corrected chi connectivity index (χ2v) is 10.3. The smallest absolute Gasteiger partial charge is 0.294 e. The van der Waals surface area contributed by atoms with Crippen molar-refractivity contribution in [2.24, 2.45) is 0 Å². The van der Waals surface area contributed by atoms with E-state index in [0.717, 1.165) is 54.9 Å². The highest BCUT2D eigenvalue weighted by Gasteiger charge is 2.24. The predicted octanol–water partition coefficient (Wildman–Crippen LogP) is 4.10. The molecule has 190 valence electrons. The molecule has 2 aromatic carbocycles. The van der Waals surface area contributed by atoms with Crippen LogP contribution >= 0.6 is 0 Å². The number of aromatic nitrogens is 1. The van der Waals surface area contributed by atoms with Crippen LogP contribution in [0.15, 0.2) is 65.8 Å². The lowest BCUT2D eigenvalue weighted by atomic mass is 10.0. The van der Waals surface area contributed by atoms with Crippen molar-refractivity contribution in [1.82, 2.24) is 15.2 Å². The molecule has 9 heteroatoms.